The van der Waals surface area contributed by atoms with Gasteiger partial charge in [-0.1, -0.05) is 53.7 Å². The van der Waals surface area contributed by atoms with Crippen LogP contribution >= 0.6 is 11.3 Å². The number of amides is 1. The Morgan fingerprint density at radius 3 is 2.67 bits per heavy atom. The minimum Gasteiger partial charge on any atom is -0.361 e. The molecule has 12 heteroatoms. The maximum absolute atomic E-state index is 12.8. The Hall–Kier alpha value is -3.84. The van der Waals surface area contributed by atoms with Crippen molar-refractivity contribution in [1.29, 1.82) is 0 Å². The summed E-state index contributed by atoms with van der Waals surface area (Å²) in [6, 6.07) is 19.6. The number of sulfonamides is 1. The molecule has 1 amide bonds. The highest BCUT2D eigenvalue weighted by atomic mass is 32.2. The van der Waals surface area contributed by atoms with E-state index < -0.39 is 22.0 Å². The minimum absolute atomic E-state index is 0.110. The van der Waals surface area contributed by atoms with Crippen molar-refractivity contribution in [3.63, 3.8) is 0 Å². The summed E-state index contributed by atoms with van der Waals surface area (Å²) in [6.45, 7) is -0.110. The number of thiophene rings is 1. The summed E-state index contributed by atoms with van der Waals surface area (Å²) in [5, 5.41) is 18.3. The summed E-state index contributed by atoms with van der Waals surface area (Å²) in [6.07, 6.45) is 3.53. The first kappa shape index (κ1) is 23.9. The van der Waals surface area contributed by atoms with Crippen molar-refractivity contribution in [3.05, 3.63) is 90.4 Å². The first-order valence-electron chi connectivity index (χ1n) is 11.0. The number of hydrogen-bond acceptors (Lipinski definition) is 7. The molecule has 4 N–H and O–H groups in total. The van der Waals surface area contributed by atoms with E-state index >= 15 is 0 Å². The molecule has 5 rings (SSSR count). The Balaban J connectivity index is 1.30. The molecule has 3 aromatic heterocycles. The lowest BCUT2D eigenvalue weighted by Crippen LogP contribution is -2.32. The zero-order valence-corrected chi connectivity index (χ0v) is 20.5. The highest BCUT2D eigenvalue weighted by Crippen LogP contribution is 2.30. The van der Waals surface area contributed by atoms with Gasteiger partial charge in [-0.25, -0.2) is 23.3 Å². The predicted octanol–water partition coefficient (Wildman–Crippen LogP) is 3.26. The Labute approximate surface area is 210 Å². The molecule has 36 heavy (non-hydrogen) atoms. The third-order valence-electron chi connectivity index (χ3n) is 5.73. The van der Waals surface area contributed by atoms with Crippen molar-refractivity contribution in [2.45, 2.75) is 23.2 Å². The van der Waals surface area contributed by atoms with Gasteiger partial charge in [-0.3, -0.25) is 10.0 Å². The van der Waals surface area contributed by atoms with Gasteiger partial charge in [0, 0.05) is 28.4 Å². The van der Waals surface area contributed by atoms with E-state index in [1.165, 1.54) is 22.2 Å². The minimum atomic E-state index is -3.77. The number of aromatic amines is 1. The highest BCUT2D eigenvalue weighted by Gasteiger charge is 2.24. The summed E-state index contributed by atoms with van der Waals surface area (Å²) >= 11 is 1.17. The van der Waals surface area contributed by atoms with E-state index in [9.17, 15) is 18.4 Å². The fourth-order valence-electron chi connectivity index (χ4n) is 3.90. The molecule has 3 heterocycles. The molecule has 0 radical (unpaired) electrons. The molecule has 0 fully saturated rings. The molecule has 2 aromatic carbocycles. The second kappa shape index (κ2) is 10.0. The molecule has 0 saturated heterocycles. The Bertz CT molecular complexity index is 1610. The van der Waals surface area contributed by atoms with Gasteiger partial charge in [-0.2, -0.15) is 0 Å². The fourth-order valence-corrected chi connectivity index (χ4v) is 6.25. The average molecular weight is 523 g/mol. The summed E-state index contributed by atoms with van der Waals surface area (Å²) < 4.78 is 29.7. The van der Waals surface area contributed by atoms with Crippen LogP contribution in [0.4, 0.5) is 0 Å². The number of nitrogens with zero attached hydrogens (tertiary/aromatic N) is 3. The van der Waals surface area contributed by atoms with E-state index in [-0.39, 0.29) is 17.2 Å². The quantitative estimate of drug-likeness (QED) is 0.173. The summed E-state index contributed by atoms with van der Waals surface area (Å²) in [5.41, 5.74) is 4.74. The molecule has 0 aliphatic carbocycles. The van der Waals surface area contributed by atoms with E-state index in [1.54, 1.807) is 23.8 Å². The van der Waals surface area contributed by atoms with Crippen molar-refractivity contribution in [3.8, 4) is 10.4 Å². The van der Waals surface area contributed by atoms with Gasteiger partial charge in [0.25, 0.3) is 5.91 Å². The Kier molecular flexibility index (Phi) is 6.65. The van der Waals surface area contributed by atoms with Crippen molar-refractivity contribution >= 4 is 38.2 Å². The molecule has 0 bridgehead atoms. The monoisotopic (exact) mass is 522 g/mol. The molecule has 0 aliphatic rings. The maximum atomic E-state index is 12.8. The number of benzene rings is 2. The lowest BCUT2D eigenvalue weighted by Gasteiger charge is -2.14. The van der Waals surface area contributed by atoms with Gasteiger partial charge in [0.15, 0.2) is 0 Å². The Morgan fingerprint density at radius 1 is 1.08 bits per heavy atom. The normalized spacial score (nSPS) is 12.6. The highest BCUT2D eigenvalue weighted by molar-refractivity contribution is 7.91. The smallest absolute Gasteiger partial charge is 0.268 e. The molecule has 0 saturated carbocycles. The summed E-state index contributed by atoms with van der Waals surface area (Å²) in [7, 11) is -3.77. The van der Waals surface area contributed by atoms with Crippen LogP contribution in [0.1, 0.15) is 17.3 Å². The summed E-state index contributed by atoms with van der Waals surface area (Å²) in [5.74, 6) is -0.663. The van der Waals surface area contributed by atoms with E-state index in [0.717, 1.165) is 26.9 Å². The SMILES string of the molecule is O=C(NO)[C@H](Cc1c[nH]c2ccccc12)n1cc(CNS(=O)(=O)c2ccc(-c3ccccc3)s2)nn1. The zero-order valence-electron chi connectivity index (χ0n) is 18.8. The van der Waals surface area contributed by atoms with Crippen LogP contribution in [0.15, 0.2) is 83.3 Å². The number of carbonyl (C=O) groups is 1. The van der Waals surface area contributed by atoms with Crippen LogP contribution in [0.5, 0.6) is 0 Å². The number of aromatic nitrogens is 4. The van der Waals surface area contributed by atoms with Crippen LogP contribution in [0.25, 0.3) is 21.3 Å². The third kappa shape index (κ3) is 4.93. The van der Waals surface area contributed by atoms with Crippen LogP contribution in [0, 0.1) is 0 Å². The molecule has 0 unspecified atom stereocenters. The molecule has 0 spiro atoms. The van der Waals surface area contributed by atoms with Crippen LogP contribution in [-0.2, 0) is 27.8 Å². The van der Waals surface area contributed by atoms with Crippen LogP contribution in [-0.4, -0.2) is 39.5 Å². The number of hydroxylamine groups is 1. The molecule has 0 aliphatic heterocycles. The maximum Gasteiger partial charge on any atom is 0.268 e. The van der Waals surface area contributed by atoms with E-state index in [0.29, 0.717) is 5.69 Å². The van der Waals surface area contributed by atoms with Crippen molar-refractivity contribution in [2.24, 2.45) is 0 Å². The van der Waals surface area contributed by atoms with Crippen LogP contribution in [0.2, 0.25) is 0 Å². The van der Waals surface area contributed by atoms with E-state index in [4.69, 9.17) is 0 Å². The first-order valence-corrected chi connectivity index (χ1v) is 13.3. The third-order valence-corrected chi connectivity index (χ3v) is 8.75. The van der Waals surface area contributed by atoms with Crippen LogP contribution < -0.4 is 10.2 Å². The number of fused-ring (bicyclic) bond motifs is 1. The van der Waals surface area contributed by atoms with Gasteiger partial charge in [0.05, 0.1) is 18.4 Å². The molecule has 10 nitrogen and oxygen atoms in total. The first-order chi connectivity index (χ1) is 17.4. The van der Waals surface area contributed by atoms with Gasteiger partial charge >= 0.3 is 0 Å². The second-order valence-electron chi connectivity index (χ2n) is 8.05. The van der Waals surface area contributed by atoms with Gasteiger partial charge in [-0.15, -0.1) is 16.4 Å². The van der Waals surface area contributed by atoms with E-state index in [2.05, 4.69) is 20.0 Å². The largest absolute Gasteiger partial charge is 0.361 e. The Morgan fingerprint density at radius 2 is 1.86 bits per heavy atom. The molecular weight excluding hydrogens is 500 g/mol. The molecule has 1 atom stereocenters. The van der Waals surface area contributed by atoms with Gasteiger partial charge in [-0.05, 0) is 29.3 Å². The fraction of sp³-hybridized carbons (Fsp3) is 0.125. The van der Waals surface area contributed by atoms with Gasteiger partial charge in [0.1, 0.15) is 10.3 Å². The number of carbonyl (C=O) groups excluding carboxylic acids is 1. The number of nitrogens with one attached hydrogen (secondary N) is 3. The number of hydrogen-bond donors (Lipinski definition) is 4. The van der Waals surface area contributed by atoms with Crippen LogP contribution in [0.3, 0.4) is 0 Å². The molecule has 5 aromatic rings. The standard InChI is InChI=1S/C24H22N6O4S2/c31-24(28-32)21(12-17-13-25-20-9-5-4-8-19(17)20)30-15-18(27-29-30)14-26-36(33,34)23-11-10-22(35-23)16-6-2-1-3-7-16/h1-11,13,15,21,25-26,32H,12,14H2,(H,28,31)/t21-/m0/s1. The van der Waals surface area contributed by atoms with E-state index in [1.807, 2.05) is 54.6 Å². The number of rotatable bonds is 9. The number of H-pyrrole nitrogens is 1. The topological polar surface area (TPSA) is 142 Å². The predicted molar refractivity (Wildman–Crippen MR) is 135 cm³/mol. The lowest BCUT2D eigenvalue weighted by molar-refractivity contribution is -0.133. The number of para-hydroxylation sites is 1. The molecule has 184 valence electrons. The average Bonchev–Trinajstić information content (AvgIpc) is 3.66. The van der Waals surface area contributed by atoms with Gasteiger partial charge in [0.2, 0.25) is 10.0 Å². The summed E-state index contributed by atoms with van der Waals surface area (Å²) in [4.78, 5) is 16.4. The van der Waals surface area contributed by atoms with Gasteiger partial charge < -0.3 is 4.98 Å². The van der Waals surface area contributed by atoms with Crippen molar-refractivity contribution < 1.29 is 18.4 Å². The van der Waals surface area contributed by atoms with Crippen molar-refractivity contribution in [2.75, 3.05) is 0 Å². The zero-order chi connectivity index (χ0) is 25.1. The molecular formula is C24H22N6O4S2. The second-order valence-corrected chi connectivity index (χ2v) is 11.1. The lowest BCUT2D eigenvalue weighted by atomic mass is 10.0. The van der Waals surface area contributed by atoms with Crippen molar-refractivity contribution in [1.82, 2.24) is 30.2 Å².